The lowest BCUT2D eigenvalue weighted by atomic mass is 9.74. The van der Waals surface area contributed by atoms with E-state index >= 15 is 0 Å². The molecule has 0 saturated heterocycles. The van der Waals surface area contributed by atoms with Crippen molar-refractivity contribution in [1.29, 1.82) is 0 Å². The summed E-state index contributed by atoms with van der Waals surface area (Å²) in [6.07, 6.45) is 2.25. The van der Waals surface area contributed by atoms with Gasteiger partial charge in [0.2, 0.25) is 0 Å². The molecule has 0 N–H and O–H groups in total. The molecule has 16 heavy (non-hydrogen) atoms. The highest BCUT2D eigenvalue weighted by molar-refractivity contribution is 5.89. The second kappa shape index (κ2) is 4.12. The molecule has 1 unspecified atom stereocenters. The second-order valence-electron chi connectivity index (χ2n) is 4.31. The molecule has 2 heteroatoms. The van der Waals surface area contributed by atoms with Gasteiger partial charge in [-0.2, -0.15) is 0 Å². The van der Waals surface area contributed by atoms with Crippen molar-refractivity contribution < 1.29 is 9.53 Å². The zero-order chi connectivity index (χ0) is 11.7. The number of carbonyl (C=O) groups is 1. The highest BCUT2D eigenvalue weighted by atomic mass is 16.5. The Balaban J connectivity index is 2.36. The van der Waals surface area contributed by atoms with Crippen LogP contribution in [0, 0.1) is 6.92 Å². The maximum Gasteiger partial charge on any atom is 0.337 e. The number of aryl methyl sites for hydroxylation is 1. The van der Waals surface area contributed by atoms with Gasteiger partial charge in [0.25, 0.3) is 0 Å². The molecular formula is C14H16O2. The van der Waals surface area contributed by atoms with Gasteiger partial charge in [0.05, 0.1) is 12.7 Å². The minimum atomic E-state index is -0.272. The van der Waals surface area contributed by atoms with Gasteiger partial charge in [-0.25, -0.2) is 4.79 Å². The van der Waals surface area contributed by atoms with Crippen molar-refractivity contribution in [2.24, 2.45) is 0 Å². The largest absolute Gasteiger partial charge is 0.465 e. The van der Waals surface area contributed by atoms with Crippen molar-refractivity contribution >= 4 is 5.97 Å². The molecule has 2 nitrogen and oxygen atoms in total. The first kappa shape index (κ1) is 10.9. The maximum atomic E-state index is 11.4. The Labute approximate surface area is 95.9 Å². The van der Waals surface area contributed by atoms with Gasteiger partial charge in [0.15, 0.2) is 0 Å². The lowest BCUT2D eigenvalue weighted by Crippen LogP contribution is -2.14. The molecule has 0 aliphatic heterocycles. The van der Waals surface area contributed by atoms with Crippen molar-refractivity contribution in [2.45, 2.75) is 25.7 Å². The first-order valence-electron chi connectivity index (χ1n) is 5.50. The van der Waals surface area contributed by atoms with Crippen LogP contribution in [0.5, 0.6) is 0 Å². The first-order valence-corrected chi connectivity index (χ1v) is 5.50. The fraction of sp³-hybridized carbons (Fsp3) is 0.357. The summed E-state index contributed by atoms with van der Waals surface area (Å²) in [6.45, 7) is 6.11. The molecule has 1 atom stereocenters. The van der Waals surface area contributed by atoms with Crippen LogP contribution < -0.4 is 0 Å². The standard InChI is InChI=1S/C14H16O2/c1-9-5-7-12(9)13-8-11(14(15)16-3)6-4-10(13)2/h4,6,8,12H,1,5,7H2,2-3H3. The summed E-state index contributed by atoms with van der Waals surface area (Å²) >= 11 is 0. The summed E-state index contributed by atoms with van der Waals surface area (Å²) in [6, 6.07) is 5.73. The van der Waals surface area contributed by atoms with E-state index in [2.05, 4.69) is 13.5 Å². The van der Waals surface area contributed by atoms with Crippen LogP contribution in [-0.2, 0) is 4.74 Å². The Bertz CT molecular complexity index is 446. The lowest BCUT2D eigenvalue weighted by molar-refractivity contribution is 0.0600. The predicted octanol–water partition coefficient (Wildman–Crippen LogP) is 3.22. The van der Waals surface area contributed by atoms with Crippen LogP contribution in [-0.4, -0.2) is 13.1 Å². The normalized spacial score (nSPS) is 19.1. The second-order valence-corrected chi connectivity index (χ2v) is 4.31. The summed E-state index contributed by atoms with van der Waals surface area (Å²) in [5, 5.41) is 0. The van der Waals surface area contributed by atoms with Gasteiger partial charge in [-0.3, -0.25) is 0 Å². The highest BCUT2D eigenvalue weighted by Crippen LogP contribution is 2.42. The number of methoxy groups -OCH3 is 1. The van der Waals surface area contributed by atoms with E-state index in [1.165, 1.54) is 23.8 Å². The van der Waals surface area contributed by atoms with Crippen LogP contribution >= 0.6 is 0 Å². The summed E-state index contributed by atoms with van der Waals surface area (Å²) in [5.74, 6) is 0.163. The summed E-state index contributed by atoms with van der Waals surface area (Å²) in [5.41, 5.74) is 4.34. The van der Waals surface area contributed by atoms with Gasteiger partial charge in [-0.15, -0.1) is 0 Å². The summed E-state index contributed by atoms with van der Waals surface area (Å²) in [4.78, 5) is 11.4. The summed E-state index contributed by atoms with van der Waals surface area (Å²) < 4.78 is 4.73. The molecule has 0 spiro atoms. The number of allylic oxidation sites excluding steroid dienone is 1. The molecule has 0 heterocycles. The third-order valence-electron chi connectivity index (χ3n) is 3.32. The van der Waals surface area contributed by atoms with E-state index in [4.69, 9.17) is 4.74 Å². The van der Waals surface area contributed by atoms with Gasteiger partial charge in [-0.05, 0) is 43.0 Å². The van der Waals surface area contributed by atoms with Crippen LogP contribution in [0.1, 0.15) is 40.2 Å². The van der Waals surface area contributed by atoms with Crippen molar-refractivity contribution in [3.63, 3.8) is 0 Å². The van der Waals surface area contributed by atoms with Crippen molar-refractivity contribution in [3.8, 4) is 0 Å². The van der Waals surface area contributed by atoms with E-state index in [-0.39, 0.29) is 5.97 Å². The van der Waals surface area contributed by atoms with Gasteiger partial charge >= 0.3 is 5.97 Å². The molecule has 0 bridgehead atoms. The van der Waals surface area contributed by atoms with Gasteiger partial charge in [-0.1, -0.05) is 18.2 Å². The summed E-state index contributed by atoms with van der Waals surface area (Å²) in [7, 11) is 1.41. The molecule has 1 aromatic carbocycles. The Morgan fingerprint density at radius 1 is 1.50 bits per heavy atom. The molecule has 84 valence electrons. The Hall–Kier alpha value is -1.57. The monoisotopic (exact) mass is 216 g/mol. The Kier molecular flexibility index (Phi) is 2.82. The SMILES string of the molecule is C=C1CCC1c1cc(C(=O)OC)ccc1C. The average molecular weight is 216 g/mol. The molecule has 0 aromatic heterocycles. The smallest absolute Gasteiger partial charge is 0.337 e. The van der Waals surface area contributed by atoms with Crippen LogP contribution in [0.4, 0.5) is 0 Å². The third kappa shape index (κ3) is 1.75. The van der Waals surface area contributed by atoms with E-state index in [1.807, 2.05) is 18.2 Å². The molecule has 1 aliphatic rings. The average Bonchev–Trinajstić information content (AvgIpc) is 2.29. The molecule has 1 aromatic rings. The Morgan fingerprint density at radius 3 is 2.75 bits per heavy atom. The minimum Gasteiger partial charge on any atom is -0.465 e. The number of benzene rings is 1. The fourth-order valence-corrected chi connectivity index (χ4v) is 2.13. The number of hydrogen-bond acceptors (Lipinski definition) is 2. The van der Waals surface area contributed by atoms with E-state index < -0.39 is 0 Å². The van der Waals surface area contributed by atoms with Crippen molar-refractivity contribution in [1.82, 2.24) is 0 Å². The van der Waals surface area contributed by atoms with Crippen LogP contribution in [0.3, 0.4) is 0 Å². The molecule has 1 fully saturated rings. The maximum absolute atomic E-state index is 11.4. The molecule has 0 amide bonds. The van der Waals surface area contributed by atoms with Crippen LogP contribution in [0.2, 0.25) is 0 Å². The van der Waals surface area contributed by atoms with Gasteiger partial charge in [0.1, 0.15) is 0 Å². The van der Waals surface area contributed by atoms with E-state index in [1.54, 1.807) is 0 Å². The minimum absolute atomic E-state index is 0.272. The zero-order valence-corrected chi connectivity index (χ0v) is 9.75. The van der Waals surface area contributed by atoms with Crippen molar-refractivity contribution in [3.05, 3.63) is 47.0 Å². The molecule has 0 radical (unpaired) electrons. The molecule has 1 aliphatic carbocycles. The zero-order valence-electron chi connectivity index (χ0n) is 9.75. The van der Waals surface area contributed by atoms with E-state index in [9.17, 15) is 4.79 Å². The number of ether oxygens (including phenoxy) is 1. The topological polar surface area (TPSA) is 26.3 Å². The quantitative estimate of drug-likeness (QED) is 0.560. The predicted molar refractivity (Wildman–Crippen MR) is 63.6 cm³/mol. The van der Waals surface area contributed by atoms with Crippen LogP contribution in [0.15, 0.2) is 30.4 Å². The number of rotatable bonds is 2. The van der Waals surface area contributed by atoms with Crippen molar-refractivity contribution in [2.75, 3.05) is 7.11 Å². The number of hydrogen-bond donors (Lipinski definition) is 0. The van der Waals surface area contributed by atoms with E-state index in [0.29, 0.717) is 11.5 Å². The van der Waals surface area contributed by atoms with Crippen LogP contribution in [0.25, 0.3) is 0 Å². The molecular weight excluding hydrogens is 200 g/mol. The molecule has 2 rings (SSSR count). The first-order chi connectivity index (χ1) is 7.63. The fourth-order valence-electron chi connectivity index (χ4n) is 2.13. The lowest BCUT2D eigenvalue weighted by Gasteiger charge is -2.30. The van der Waals surface area contributed by atoms with Gasteiger partial charge in [0, 0.05) is 5.92 Å². The van der Waals surface area contributed by atoms with E-state index in [0.717, 1.165) is 12.8 Å². The highest BCUT2D eigenvalue weighted by Gasteiger charge is 2.25. The van der Waals surface area contributed by atoms with Gasteiger partial charge < -0.3 is 4.74 Å². The third-order valence-corrected chi connectivity index (χ3v) is 3.32. The number of esters is 1. The molecule has 1 saturated carbocycles. The Morgan fingerprint density at radius 2 is 2.25 bits per heavy atom. The number of carbonyl (C=O) groups excluding carboxylic acids is 1.